The highest BCUT2D eigenvalue weighted by atomic mass is 16.5. The molecule has 0 bridgehead atoms. The second-order valence-corrected chi connectivity index (χ2v) is 6.46. The summed E-state index contributed by atoms with van der Waals surface area (Å²) in [6.45, 7) is 0.497. The van der Waals surface area contributed by atoms with Crippen LogP contribution in [0.4, 0.5) is 0 Å². The number of amides is 1. The molecule has 1 aromatic heterocycles. The number of carbonyl (C=O) groups excluding carboxylic acids is 1. The summed E-state index contributed by atoms with van der Waals surface area (Å²) in [4.78, 5) is 12.6. The summed E-state index contributed by atoms with van der Waals surface area (Å²) in [6, 6.07) is 15.1. The van der Waals surface area contributed by atoms with Crippen LogP contribution in [0.2, 0.25) is 0 Å². The van der Waals surface area contributed by atoms with Crippen LogP contribution in [0.3, 0.4) is 0 Å². The predicted octanol–water partition coefficient (Wildman–Crippen LogP) is 3.09. The Hall–Kier alpha value is -3.48. The molecular weight excluding hydrogens is 370 g/mol. The Morgan fingerprint density at radius 2 is 1.69 bits per heavy atom. The lowest BCUT2D eigenvalue weighted by atomic mass is 10.1. The summed E-state index contributed by atoms with van der Waals surface area (Å²) in [5, 5.41) is 7.40. The van der Waals surface area contributed by atoms with Crippen molar-refractivity contribution in [1.82, 2.24) is 15.1 Å². The van der Waals surface area contributed by atoms with Gasteiger partial charge in [-0.3, -0.25) is 9.48 Å². The summed E-state index contributed by atoms with van der Waals surface area (Å²) in [6.07, 6.45) is 0.676. The molecule has 3 rings (SSSR count). The van der Waals surface area contributed by atoms with Crippen LogP contribution in [-0.2, 0) is 13.5 Å². The van der Waals surface area contributed by atoms with Crippen molar-refractivity contribution >= 4 is 5.91 Å². The number of hydrogen-bond donors (Lipinski definition) is 1. The summed E-state index contributed by atoms with van der Waals surface area (Å²) >= 11 is 0. The number of aryl methyl sites for hydroxylation is 1. The predicted molar refractivity (Wildman–Crippen MR) is 111 cm³/mol. The Labute approximate surface area is 170 Å². The fraction of sp³-hybridized carbons (Fsp3) is 0.273. The van der Waals surface area contributed by atoms with Gasteiger partial charge in [0.1, 0.15) is 11.4 Å². The van der Waals surface area contributed by atoms with Gasteiger partial charge in [-0.05, 0) is 54.4 Å². The molecule has 3 aromatic rings. The molecule has 1 heterocycles. The van der Waals surface area contributed by atoms with Crippen LogP contribution in [0.1, 0.15) is 16.1 Å². The van der Waals surface area contributed by atoms with E-state index in [2.05, 4.69) is 10.4 Å². The van der Waals surface area contributed by atoms with E-state index in [0.29, 0.717) is 30.2 Å². The van der Waals surface area contributed by atoms with Gasteiger partial charge in [-0.25, -0.2) is 0 Å². The van der Waals surface area contributed by atoms with Crippen molar-refractivity contribution in [1.29, 1.82) is 0 Å². The first kappa shape index (κ1) is 20.3. The zero-order valence-corrected chi connectivity index (χ0v) is 17.1. The van der Waals surface area contributed by atoms with Gasteiger partial charge in [0.05, 0.1) is 27.0 Å². The monoisotopic (exact) mass is 395 g/mol. The van der Waals surface area contributed by atoms with Crippen molar-refractivity contribution in [3.8, 4) is 28.5 Å². The fourth-order valence-electron chi connectivity index (χ4n) is 3.03. The van der Waals surface area contributed by atoms with Crippen molar-refractivity contribution < 1.29 is 19.0 Å². The molecule has 0 aliphatic carbocycles. The second kappa shape index (κ2) is 9.14. The fourth-order valence-corrected chi connectivity index (χ4v) is 3.03. The third kappa shape index (κ3) is 4.68. The zero-order chi connectivity index (χ0) is 20.8. The number of rotatable bonds is 8. The van der Waals surface area contributed by atoms with Crippen LogP contribution in [-0.4, -0.2) is 43.6 Å². The van der Waals surface area contributed by atoms with E-state index in [-0.39, 0.29) is 5.91 Å². The quantitative estimate of drug-likeness (QED) is 0.634. The van der Waals surface area contributed by atoms with E-state index in [0.717, 1.165) is 22.6 Å². The van der Waals surface area contributed by atoms with E-state index in [1.807, 2.05) is 42.5 Å². The molecule has 0 aliphatic heterocycles. The highest BCUT2D eigenvalue weighted by molar-refractivity contribution is 5.93. The van der Waals surface area contributed by atoms with E-state index in [9.17, 15) is 4.79 Å². The highest BCUT2D eigenvalue weighted by Gasteiger charge is 2.14. The molecule has 0 saturated carbocycles. The Morgan fingerprint density at radius 3 is 2.34 bits per heavy atom. The molecule has 0 aliphatic rings. The molecule has 0 fully saturated rings. The number of ether oxygens (including phenoxy) is 3. The topological polar surface area (TPSA) is 74.6 Å². The van der Waals surface area contributed by atoms with Crippen molar-refractivity contribution in [3.05, 3.63) is 59.8 Å². The molecule has 1 N–H and O–H groups in total. The maximum atomic E-state index is 12.6. The molecule has 7 nitrogen and oxygen atoms in total. The van der Waals surface area contributed by atoms with Gasteiger partial charge in [-0.15, -0.1) is 0 Å². The Balaban J connectivity index is 1.63. The molecule has 2 aromatic carbocycles. The smallest absolute Gasteiger partial charge is 0.269 e. The lowest BCUT2D eigenvalue weighted by Crippen LogP contribution is -2.27. The average Bonchev–Trinajstić information content (AvgIpc) is 3.15. The third-order valence-corrected chi connectivity index (χ3v) is 4.65. The van der Waals surface area contributed by atoms with Gasteiger partial charge < -0.3 is 19.5 Å². The molecule has 0 atom stereocenters. The molecule has 29 heavy (non-hydrogen) atoms. The third-order valence-electron chi connectivity index (χ3n) is 4.65. The van der Waals surface area contributed by atoms with Crippen molar-refractivity contribution in [2.45, 2.75) is 6.42 Å². The average molecular weight is 395 g/mol. The first-order valence-electron chi connectivity index (χ1n) is 9.23. The van der Waals surface area contributed by atoms with Gasteiger partial charge in [0.25, 0.3) is 5.91 Å². The molecule has 0 spiro atoms. The summed E-state index contributed by atoms with van der Waals surface area (Å²) in [5.41, 5.74) is 3.21. The number of carbonyl (C=O) groups is 1. The Morgan fingerprint density at radius 1 is 0.966 bits per heavy atom. The van der Waals surface area contributed by atoms with Crippen LogP contribution in [0.25, 0.3) is 11.3 Å². The van der Waals surface area contributed by atoms with Crippen LogP contribution in [0, 0.1) is 0 Å². The molecule has 1 amide bonds. The first-order valence-corrected chi connectivity index (χ1v) is 9.23. The van der Waals surface area contributed by atoms with E-state index in [1.165, 1.54) is 0 Å². The number of aromatic nitrogens is 2. The van der Waals surface area contributed by atoms with Crippen molar-refractivity contribution in [2.24, 2.45) is 7.05 Å². The van der Waals surface area contributed by atoms with Gasteiger partial charge in [0, 0.05) is 19.2 Å². The lowest BCUT2D eigenvalue weighted by Gasteiger charge is -2.10. The largest absolute Gasteiger partial charge is 0.497 e. The molecule has 7 heteroatoms. The minimum Gasteiger partial charge on any atom is -0.497 e. The lowest BCUT2D eigenvalue weighted by molar-refractivity contribution is 0.0944. The van der Waals surface area contributed by atoms with Crippen LogP contribution < -0.4 is 19.5 Å². The van der Waals surface area contributed by atoms with Crippen LogP contribution in [0.15, 0.2) is 48.5 Å². The van der Waals surface area contributed by atoms with Gasteiger partial charge in [-0.2, -0.15) is 5.10 Å². The van der Waals surface area contributed by atoms with E-state index in [4.69, 9.17) is 14.2 Å². The SMILES string of the molecule is COc1ccc(-c2cc(C(=O)NCCc3ccc(OC)c(OC)c3)n(C)n2)cc1. The number of nitrogens with zero attached hydrogens (tertiary/aromatic N) is 2. The maximum absolute atomic E-state index is 12.6. The van der Waals surface area contributed by atoms with E-state index < -0.39 is 0 Å². The standard InChI is InChI=1S/C22H25N3O4/c1-25-19(14-18(24-25)16-6-8-17(27-2)9-7-16)22(26)23-12-11-15-5-10-20(28-3)21(13-15)29-4/h5-10,13-14H,11-12H2,1-4H3,(H,23,26). The zero-order valence-electron chi connectivity index (χ0n) is 17.1. The molecule has 0 saturated heterocycles. The van der Waals surface area contributed by atoms with Gasteiger partial charge in [-0.1, -0.05) is 6.07 Å². The number of hydrogen-bond acceptors (Lipinski definition) is 5. The minimum absolute atomic E-state index is 0.166. The number of nitrogens with one attached hydrogen (secondary N) is 1. The molecule has 0 unspecified atom stereocenters. The summed E-state index contributed by atoms with van der Waals surface area (Å²) in [7, 11) is 6.59. The van der Waals surface area contributed by atoms with Gasteiger partial charge in [0.15, 0.2) is 11.5 Å². The maximum Gasteiger partial charge on any atom is 0.269 e. The highest BCUT2D eigenvalue weighted by Crippen LogP contribution is 2.27. The number of benzene rings is 2. The van der Waals surface area contributed by atoms with Gasteiger partial charge >= 0.3 is 0 Å². The summed E-state index contributed by atoms with van der Waals surface area (Å²) in [5.74, 6) is 1.96. The van der Waals surface area contributed by atoms with E-state index in [1.54, 1.807) is 39.1 Å². The van der Waals surface area contributed by atoms with Crippen LogP contribution >= 0.6 is 0 Å². The number of methoxy groups -OCH3 is 3. The van der Waals surface area contributed by atoms with E-state index >= 15 is 0 Å². The van der Waals surface area contributed by atoms with Crippen molar-refractivity contribution in [2.75, 3.05) is 27.9 Å². The second-order valence-electron chi connectivity index (χ2n) is 6.46. The molecule has 0 radical (unpaired) electrons. The molecule has 152 valence electrons. The molecular formula is C22H25N3O4. The van der Waals surface area contributed by atoms with Crippen molar-refractivity contribution in [3.63, 3.8) is 0 Å². The minimum atomic E-state index is -0.166. The summed E-state index contributed by atoms with van der Waals surface area (Å²) < 4.78 is 17.3. The Bertz CT molecular complexity index is 980. The Kier molecular flexibility index (Phi) is 6.39. The van der Waals surface area contributed by atoms with Gasteiger partial charge in [0.2, 0.25) is 0 Å². The first-order chi connectivity index (χ1) is 14.0. The van der Waals surface area contributed by atoms with Crippen LogP contribution in [0.5, 0.6) is 17.2 Å². The normalized spacial score (nSPS) is 10.5.